The number of carboxylic acids is 1. The van der Waals surface area contributed by atoms with Crippen LogP contribution in [-0.4, -0.2) is 61.8 Å². The van der Waals surface area contributed by atoms with Crippen LogP contribution in [0.1, 0.15) is 41.9 Å². The molecular weight excluding hydrogens is 530 g/mol. The van der Waals surface area contributed by atoms with Crippen molar-refractivity contribution in [3.05, 3.63) is 65.4 Å². The summed E-state index contributed by atoms with van der Waals surface area (Å²) in [5, 5.41) is 27.1. The summed E-state index contributed by atoms with van der Waals surface area (Å²) >= 11 is 1.58. The molecule has 0 amide bonds. The van der Waals surface area contributed by atoms with Crippen LogP contribution in [0.2, 0.25) is 0 Å². The SMILES string of the molecule is Cc1nc(NCc2cccc(C(=O)O)c2)nc(N[C@@H]2C[C@H](CO)[C@H]3OC(C)(C)OC23)c1-c1nc2ccccc2s1. The number of hydrogen-bond acceptors (Lipinski definition) is 10. The molecule has 1 saturated carbocycles. The van der Waals surface area contributed by atoms with Crippen molar-refractivity contribution in [1.29, 1.82) is 0 Å². The van der Waals surface area contributed by atoms with Crippen LogP contribution >= 0.6 is 11.3 Å². The Morgan fingerprint density at radius 2 is 1.90 bits per heavy atom. The van der Waals surface area contributed by atoms with Gasteiger partial charge in [-0.15, -0.1) is 11.3 Å². The number of hydrogen-bond donors (Lipinski definition) is 4. The summed E-state index contributed by atoms with van der Waals surface area (Å²) in [6.07, 6.45) is 0.195. The second-order valence-corrected chi connectivity index (χ2v) is 11.7. The van der Waals surface area contributed by atoms with Gasteiger partial charge < -0.3 is 30.3 Å². The van der Waals surface area contributed by atoms with Crippen LogP contribution in [-0.2, 0) is 16.0 Å². The van der Waals surface area contributed by atoms with Crippen molar-refractivity contribution in [1.82, 2.24) is 15.0 Å². The van der Waals surface area contributed by atoms with E-state index >= 15 is 0 Å². The molecule has 4 N–H and O–H groups in total. The van der Waals surface area contributed by atoms with Gasteiger partial charge >= 0.3 is 5.97 Å². The first kappa shape index (κ1) is 26.6. The standard InChI is InChI=1S/C29H31N5O5S/c1-15-22(26-33-19-9-4-5-10-21(19)40-26)25(32-20-12-18(14-35)23-24(20)39-29(2,3)38-23)34-28(31-15)30-13-16-7-6-8-17(11-16)27(36)37/h4-11,18,20,23-24,35H,12-14H2,1-3H3,(H,36,37)(H2,30,31,32,34)/t18-,20-,23-,24?/m1/s1. The lowest BCUT2D eigenvalue weighted by atomic mass is 10.1. The number of anilines is 2. The van der Waals surface area contributed by atoms with Crippen LogP contribution in [0.15, 0.2) is 48.5 Å². The Balaban J connectivity index is 1.35. The Hall–Kier alpha value is -3.64. The fourth-order valence-electron chi connectivity index (χ4n) is 5.57. The first-order valence-corrected chi connectivity index (χ1v) is 14.1. The van der Waals surface area contributed by atoms with E-state index in [-0.39, 0.29) is 36.3 Å². The molecule has 11 heteroatoms. The summed E-state index contributed by atoms with van der Waals surface area (Å²) in [4.78, 5) is 25.9. The van der Waals surface area contributed by atoms with Gasteiger partial charge in [-0.25, -0.2) is 14.8 Å². The van der Waals surface area contributed by atoms with Crippen molar-refractivity contribution >= 4 is 39.3 Å². The number of rotatable bonds is 8. The topological polar surface area (TPSA) is 139 Å². The maximum Gasteiger partial charge on any atom is 0.335 e. The molecule has 0 spiro atoms. The number of aromatic carboxylic acids is 1. The number of ether oxygens (including phenoxy) is 2. The zero-order chi connectivity index (χ0) is 28.0. The second kappa shape index (κ2) is 10.4. The average molecular weight is 562 g/mol. The molecule has 1 unspecified atom stereocenters. The van der Waals surface area contributed by atoms with E-state index in [0.717, 1.165) is 32.0 Å². The highest BCUT2D eigenvalue weighted by Gasteiger charge is 2.54. The molecule has 2 fully saturated rings. The Morgan fingerprint density at radius 3 is 2.67 bits per heavy atom. The fraction of sp³-hybridized carbons (Fsp3) is 0.379. The van der Waals surface area contributed by atoms with Crippen molar-refractivity contribution in [2.75, 3.05) is 17.2 Å². The van der Waals surface area contributed by atoms with Gasteiger partial charge in [-0.05, 0) is 57.0 Å². The van der Waals surface area contributed by atoms with Crippen molar-refractivity contribution in [2.24, 2.45) is 5.92 Å². The molecule has 1 aliphatic carbocycles. The van der Waals surface area contributed by atoms with Gasteiger partial charge in [0, 0.05) is 19.1 Å². The summed E-state index contributed by atoms with van der Waals surface area (Å²) in [5.74, 6) is -0.750. The molecule has 40 heavy (non-hydrogen) atoms. The summed E-state index contributed by atoms with van der Waals surface area (Å²) in [6.45, 7) is 6.07. The molecule has 208 valence electrons. The molecule has 10 nitrogen and oxygen atoms in total. The molecule has 1 aliphatic heterocycles. The number of nitrogens with one attached hydrogen (secondary N) is 2. The first-order valence-electron chi connectivity index (χ1n) is 13.2. The largest absolute Gasteiger partial charge is 0.478 e. The molecule has 0 radical (unpaired) electrons. The number of aromatic nitrogens is 3. The van der Waals surface area contributed by atoms with Gasteiger partial charge in [0.25, 0.3) is 0 Å². The minimum atomic E-state index is -0.974. The predicted molar refractivity (Wildman–Crippen MR) is 153 cm³/mol. The highest BCUT2D eigenvalue weighted by Crippen LogP contribution is 2.44. The minimum absolute atomic E-state index is 0.00846. The number of aliphatic hydroxyl groups is 1. The quantitative estimate of drug-likeness (QED) is 0.240. The van der Waals surface area contributed by atoms with Crippen LogP contribution in [0.25, 0.3) is 20.8 Å². The van der Waals surface area contributed by atoms with E-state index in [4.69, 9.17) is 24.4 Å². The third-order valence-corrected chi connectivity index (χ3v) is 8.41. The van der Waals surface area contributed by atoms with E-state index in [1.807, 2.05) is 51.1 Å². The number of carboxylic acid groups (broad SMARTS) is 1. The Labute approximate surface area is 235 Å². The third kappa shape index (κ3) is 5.13. The number of carbonyl (C=O) groups is 1. The fourth-order valence-corrected chi connectivity index (χ4v) is 6.63. The molecule has 6 rings (SSSR count). The minimum Gasteiger partial charge on any atom is -0.478 e. The van der Waals surface area contributed by atoms with E-state index in [0.29, 0.717) is 24.7 Å². The van der Waals surface area contributed by atoms with Gasteiger partial charge in [-0.1, -0.05) is 24.3 Å². The maximum absolute atomic E-state index is 11.4. The van der Waals surface area contributed by atoms with E-state index in [1.165, 1.54) is 0 Å². The van der Waals surface area contributed by atoms with Crippen LogP contribution in [0, 0.1) is 12.8 Å². The molecule has 1 saturated heterocycles. The number of fused-ring (bicyclic) bond motifs is 2. The number of aliphatic hydroxyl groups excluding tert-OH is 1. The first-order chi connectivity index (χ1) is 19.2. The number of nitrogens with zero attached hydrogens (tertiary/aromatic N) is 3. The zero-order valence-electron chi connectivity index (χ0n) is 22.4. The monoisotopic (exact) mass is 561 g/mol. The van der Waals surface area contributed by atoms with Gasteiger partial charge in [0.05, 0.1) is 39.2 Å². The van der Waals surface area contributed by atoms with Crippen molar-refractivity contribution in [3.8, 4) is 10.6 Å². The predicted octanol–water partition coefficient (Wildman–Crippen LogP) is 4.68. The lowest BCUT2D eigenvalue weighted by Crippen LogP contribution is -2.35. The lowest BCUT2D eigenvalue weighted by molar-refractivity contribution is -0.158. The van der Waals surface area contributed by atoms with Crippen molar-refractivity contribution < 1.29 is 24.5 Å². The summed E-state index contributed by atoms with van der Waals surface area (Å²) in [6, 6.07) is 14.6. The van der Waals surface area contributed by atoms with E-state index in [9.17, 15) is 15.0 Å². The number of aryl methyl sites for hydroxylation is 1. The Bertz CT molecular complexity index is 1540. The maximum atomic E-state index is 11.4. The number of benzene rings is 2. The molecule has 2 aliphatic rings. The lowest BCUT2D eigenvalue weighted by Gasteiger charge is -2.25. The molecule has 4 atom stereocenters. The third-order valence-electron chi connectivity index (χ3n) is 7.36. The van der Waals surface area contributed by atoms with Crippen LogP contribution in [0.5, 0.6) is 0 Å². The van der Waals surface area contributed by atoms with E-state index < -0.39 is 11.8 Å². The van der Waals surface area contributed by atoms with Gasteiger partial charge in [-0.2, -0.15) is 4.98 Å². The summed E-state index contributed by atoms with van der Waals surface area (Å²) < 4.78 is 13.5. The van der Waals surface area contributed by atoms with Gasteiger partial charge in [-0.3, -0.25) is 0 Å². The summed E-state index contributed by atoms with van der Waals surface area (Å²) in [5.41, 5.74) is 3.48. The normalized spacial score (nSPS) is 23.3. The molecule has 2 aromatic heterocycles. The Morgan fingerprint density at radius 1 is 1.10 bits per heavy atom. The highest BCUT2D eigenvalue weighted by molar-refractivity contribution is 7.21. The van der Waals surface area contributed by atoms with Crippen molar-refractivity contribution in [3.63, 3.8) is 0 Å². The van der Waals surface area contributed by atoms with E-state index in [2.05, 4.69) is 10.6 Å². The molecular formula is C29H31N5O5S. The van der Waals surface area contributed by atoms with Gasteiger partial charge in [0.2, 0.25) is 5.95 Å². The summed E-state index contributed by atoms with van der Waals surface area (Å²) in [7, 11) is 0. The molecule has 2 aromatic carbocycles. The van der Waals surface area contributed by atoms with Gasteiger partial charge in [0.1, 0.15) is 16.9 Å². The number of thiazole rings is 1. The van der Waals surface area contributed by atoms with Crippen LogP contribution < -0.4 is 10.6 Å². The zero-order valence-corrected chi connectivity index (χ0v) is 23.2. The highest BCUT2D eigenvalue weighted by atomic mass is 32.1. The second-order valence-electron chi connectivity index (χ2n) is 10.7. The average Bonchev–Trinajstić information content (AvgIpc) is 3.58. The molecule has 0 bridgehead atoms. The molecule has 4 aromatic rings. The van der Waals surface area contributed by atoms with Crippen LogP contribution in [0.4, 0.5) is 11.8 Å². The van der Waals surface area contributed by atoms with Gasteiger partial charge in [0.15, 0.2) is 5.79 Å². The van der Waals surface area contributed by atoms with Crippen molar-refractivity contribution in [2.45, 2.75) is 57.8 Å². The molecule has 3 heterocycles. The van der Waals surface area contributed by atoms with E-state index in [1.54, 1.807) is 29.5 Å². The number of para-hydroxylation sites is 1. The Kier molecular flexibility index (Phi) is 6.91. The smallest absolute Gasteiger partial charge is 0.335 e. The van der Waals surface area contributed by atoms with Crippen LogP contribution in [0.3, 0.4) is 0 Å².